The zero-order chi connectivity index (χ0) is 20.0. The molecule has 0 radical (unpaired) electrons. The van der Waals surface area contributed by atoms with Crippen molar-refractivity contribution in [1.29, 1.82) is 0 Å². The molecule has 0 bridgehead atoms. The highest BCUT2D eigenvalue weighted by Gasteiger charge is 2.52. The van der Waals surface area contributed by atoms with Crippen molar-refractivity contribution in [2.75, 3.05) is 12.1 Å². The number of anilines is 1. The van der Waals surface area contributed by atoms with Crippen molar-refractivity contribution in [3.63, 3.8) is 0 Å². The predicted octanol–water partition coefficient (Wildman–Crippen LogP) is 5.24. The number of nitrogens with one attached hydrogen (secondary N) is 1. The molecule has 2 aliphatic carbocycles. The van der Waals surface area contributed by atoms with Crippen molar-refractivity contribution in [1.82, 2.24) is 4.98 Å². The van der Waals surface area contributed by atoms with Gasteiger partial charge in [-0.15, -0.1) is 11.3 Å². The van der Waals surface area contributed by atoms with Crippen LogP contribution >= 0.6 is 22.9 Å². The summed E-state index contributed by atoms with van der Waals surface area (Å²) in [5.41, 5.74) is 2.55. The zero-order valence-corrected chi connectivity index (χ0v) is 17.7. The van der Waals surface area contributed by atoms with E-state index in [9.17, 15) is 4.79 Å². The van der Waals surface area contributed by atoms with Crippen LogP contribution in [-0.2, 0) is 16.6 Å². The number of ether oxygens (including phenoxy) is 2. The fourth-order valence-electron chi connectivity index (χ4n) is 3.84. The summed E-state index contributed by atoms with van der Waals surface area (Å²) in [5, 5.41) is 4.62. The number of aromatic nitrogens is 1. The van der Waals surface area contributed by atoms with Crippen LogP contribution in [0.4, 0.5) is 5.13 Å². The van der Waals surface area contributed by atoms with Gasteiger partial charge in [0.1, 0.15) is 0 Å². The summed E-state index contributed by atoms with van der Waals surface area (Å²) in [5.74, 6) is 1.43. The monoisotopic (exact) mass is 428 g/mol. The van der Waals surface area contributed by atoms with Gasteiger partial charge in [0.05, 0.1) is 11.1 Å². The molecule has 5 rings (SSSR count). The quantitative estimate of drug-likeness (QED) is 0.707. The Hall–Kier alpha value is -2.31. The maximum Gasteiger partial charge on any atom is 0.236 e. The lowest BCUT2D eigenvalue weighted by Crippen LogP contribution is -2.27. The van der Waals surface area contributed by atoms with Gasteiger partial charge in [-0.25, -0.2) is 4.98 Å². The van der Waals surface area contributed by atoms with Gasteiger partial charge in [-0.1, -0.05) is 29.8 Å². The Kier molecular flexibility index (Phi) is 4.63. The number of halogens is 1. The van der Waals surface area contributed by atoms with Gasteiger partial charge in [0, 0.05) is 16.3 Å². The Balaban J connectivity index is 1.33. The number of aryl methyl sites for hydroxylation is 1. The van der Waals surface area contributed by atoms with E-state index in [0.717, 1.165) is 64.6 Å². The molecule has 3 aliphatic rings. The number of hydrogen-bond acceptors (Lipinski definition) is 5. The molecule has 29 heavy (non-hydrogen) atoms. The van der Waals surface area contributed by atoms with Gasteiger partial charge >= 0.3 is 0 Å². The van der Waals surface area contributed by atoms with E-state index in [1.54, 1.807) is 0 Å². The molecular weight excluding hydrogens is 408 g/mol. The molecule has 1 N–H and O–H groups in total. The van der Waals surface area contributed by atoms with Crippen LogP contribution in [0, 0.1) is 6.92 Å². The molecule has 2 aromatic rings. The van der Waals surface area contributed by atoms with E-state index in [1.807, 2.05) is 25.1 Å². The first-order chi connectivity index (χ1) is 14.0. The number of carbonyl (C=O) groups is 1. The highest BCUT2D eigenvalue weighted by molar-refractivity contribution is 7.15. The minimum atomic E-state index is -0.501. The fraction of sp³-hybridized carbons (Fsp3) is 0.364. The number of fused-ring (bicyclic) bond motifs is 1. The van der Waals surface area contributed by atoms with E-state index >= 15 is 0 Å². The Morgan fingerprint density at radius 1 is 1.31 bits per heavy atom. The summed E-state index contributed by atoms with van der Waals surface area (Å²) in [6, 6.07) is 5.77. The third kappa shape index (κ3) is 3.45. The van der Waals surface area contributed by atoms with Crippen LogP contribution in [0.5, 0.6) is 11.5 Å². The molecular formula is C22H21ClN2O3S. The third-order valence-electron chi connectivity index (χ3n) is 5.77. The van der Waals surface area contributed by atoms with Crippen LogP contribution < -0.4 is 14.8 Å². The van der Waals surface area contributed by atoms with Gasteiger partial charge < -0.3 is 14.8 Å². The topological polar surface area (TPSA) is 60.5 Å². The molecule has 0 saturated heterocycles. The molecule has 1 aromatic heterocycles. The predicted molar refractivity (Wildman–Crippen MR) is 114 cm³/mol. The molecule has 0 spiro atoms. The number of nitrogens with zero attached hydrogens (tertiary/aromatic N) is 1. The molecule has 0 atom stereocenters. The average molecular weight is 429 g/mol. The highest BCUT2D eigenvalue weighted by atomic mass is 35.5. The molecule has 1 aromatic carbocycles. The Bertz CT molecular complexity index is 1050. The second-order valence-corrected chi connectivity index (χ2v) is 9.22. The summed E-state index contributed by atoms with van der Waals surface area (Å²) in [6.07, 6.45) is 8.54. The molecule has 1 amide bonds. The van der Waals surface area contributed by atoms with Crippen LogP contribution in [0.1, 0.15) is 41.8 Å². The molecule has 150 valence electrons. The lowest BCUT2D eigenvalue weighted by Gasteiger charge is -2.15. The highest BCUT2D eigenvalue weighted by Crippen LogP contribution is 2.51. The van der Waals surface area contributed by atoms with Gasteiger partial charge in [0.15, 0.2) is 16.6 Å². The van der Waals surface area contributed by atoms with Crippen LogP contribution in [0.15, 0.2) is 41.0 Å². The number of allylic oxidation sites excluding steroid dienone is 4. The Morgan fingerprint density at radius 2 is 2.14 bits per heavy atom. The minimum absolute atomic E-state index is 0.00789. The number of benzene rings is 1. The van der Waals surface area contributed by atoms with Gasteiger partial charge in [0.2, 0.25) is 12.7 Å². The van der Waals surface area contributed by atoms with Crippen molar-refractivity contribution < 1.29 is 14.3 Å². The number of carbonyl (C=O) groups excluding carboxylic acids is 1. The minimum Gasteiger partial charge on any atom is -0.454 e. The standard InChI is InChI=1S/C22H21ClN2O3S/c1-13-19(10-14-4-2-3-5-16(14)23)29-21(24-13)25-20(26)22(8-9-22)15-6-7-17-18(11-15)28-12-27-17/h2,4,6-7,11H,3,5,8-10,12H2,1H3,(H,24,25,26). The Labute approximate surface area is 178 Å². The van der Waals surface area contributed by atoms with Gasteiger partial charge in [-0.3, -0.25) is 4.79 Å². The largest absolute Gasteiger partial charge is 0.454 e. The van der Waals surface area contributed by atoms with Crippen molar-refractivity contribution in [2.24, 2.45) is 0 Å². The van der Waals surface area contributed by atoms with Crippen molar-refractivity contribution >= 4 is 34.0 Å². The lowest BCUT2D eigenvalue weighted by atomic mass is 9.94. The number of hydrogen-bond donors (Lipinski definition) is 1. The molecule has 7 heteroatoms. The van der Waals surface area contributed by atoms with Crippen LogP contribution in [-0.4, -0.2) is 17.7 Å². The van der Waals surface area contributed by atoms with Crippen LogP contribution in [0.3, 0.4) is 0 Å². The van der Waals surface area contributed by atoms with Crippen molar-refractivity contribution in [2.45, 2.75) is 44.4 Å². The molecule has 2 heterocycles. The third-order valence-corrected chi connectivity index (χ3v) is 7.28. The van der Waals surface area contributed by atoms with Crippen molar-refractivity contribution in [3.05, 3.63) is 57.1 Å². The van der Waals surface area contributed by atoms with E-state index in [4.69, 9.17) is 21.1 Å². The first-order valence-corrected chi connectivity index (χ1v) is 11.0. The number of rotatable bonds is 5. The van der Waals surface area contributed by atoms with E-state index in [1.165, 1.54) is 11.3 Å². The molecule has 1 fully saturated rings. The van der Waals surface area contributed by atoms with Crippen LogP contribution in [0.2, 0.25) is 0 Å². The van der Waals surface area contributed by atoms with Gasteiger partial charge in [-0.2, -0.15) is 0 Å². The van der Waals surface area contributed by atoms with E-state index in [2.05, 4.69) is 22.5 Å². The zero-order valence-electron chi connectivity index (χ0n) is 16.1. The number of amides is 1. The average Bonchev–Trinajstić information content (AvgIpc) is 3.27. The van der Waals surface area contributed by atoms with Gasteiger partial charge in [0.25, 0.3) is 0 Å². The fourth-order valence-corrected chi connectivity index (χ4v) is 5.06. The maximum absolute atomic E-state index is 13.1. The maximum atomic E-state index is 13.1. The summed E-state index contributed by atoms with van der Waals surface area (Å²) >= 11 is 7.90. The molecule has 1 aliphatic heterocycles. The first-order valence-electron chi connectivity index (χ1n) is 9.77. The second-order valence-electron chi connectivity index (χ2n) is 7.68. The van der Waals surface area contributed by atoms with E-state index in [-0.39, 0.29) is 12.7 Å². The molecule has 0 unspecified atom stereocenters. The second kappa shape index (κ2) is 7.18. The number of thiazole rings is 1. The summed E-state index contributed by atoms with van der Waals surface area (Å²) in [6.45, 7) is 2.21. The molecule has 5 nitrogen and oxygen atoms in total. The van der Waals surface area contributed by atoms with Crippen LogP contribution in [0.25, 0.3) is 0 Å². The molecule has 1 saturated carbocycles. The van der Waals surface area contributed by atoms with Crippen molar-refractivity contribution in [3.8, 4) is 11.5 Å². The summed E-state index contributed by atoms with van der Waals surface area (Å²) in [7, 11) is 0. The van der Waals surface area contributed by atoms with E-state index in [0.29, 0.717) is 10.9 Å². The first kappa shape index (κ1) is 18.7. The summed E-state index contributed by atoms with van der Waals surface area (Å²) in [4.78, 5) is 18.8. The summed E-state index contributed by atoms with van der Waals surface area (Å²) < 4.78 is 10.9. The van der Waals surface area contributed by atoms with E-state index < -0.39 is 5.41 Å². The SMILES string of the molecule is Cc1nc(NC(=O)C2(c3ccc4c(c3)OCO4)CC2)sc1CC1=C(Cl)CCC=C1. The lowest BCUT2D eigenvalue weighted by molar-refractivity contribution is -0.118. The van der Waals surface area contributed by atoms with Gasteiger partial charge in [-0.05, 0) is 55.9 Å². The normalized spacial score (nSPS) is 18.8. The smallest absolute Gasteiger partial charge is 0.236 e. The Morgan fingerprint density at radius 3 is 2.93 bits per heavy atom.